The van der Waals surface area contributed by atoms with Crippen molar-refractivity contribution >= 4 is 16.0 Å². The fourth-order valence-electron chi connectivity index (χ4n) is 1.59. The Balaban J connectivity index is 2.49. The maximum absolute atomic E-state index is 11.7. The van der Waals surface area contributed by atoms with E-state index in [9.17, 15) is 13.2 Å². The Morgan fingerprint density at radius 3 is 2.80 bits per heavy atom. The molecule has 0 heterocycles. The lowest BCUT2D eigenvalue weighted by atomic mass is 10.2. The first kappa shape index (κ1) is 16.5. The predicted octanol–water partition coefficient (Wildman–Crippen LogP) is 1.37. The Hall–Kier alpha value is -1.60. The van der Waals surface area contributed by atoms with Crippen molar-refractivity contribution in [2.75, 3.05) is 12.4 Å². The van der Waals surface area contributed by atoms with Gasteiger partial charge in [-0.1, -0.05) is 12.1 Å². The number of aliphatic carboxylic acids is 1. The van der Waals surface area contributed by atoms with Crippen LogP contribution in [0.2, 0.25) is 0 Å². The molecule has 1 aromatic rings. The van der Waals surface area contributed by atoms with Gasteiger partial charge in [0.2, 0.25) is 10.0 Å². The zero-order valence-corrected chi connectivity index (χ0v) is 12.1. The van der Waals surface area contributed by atoms with E-state index in [2.05, 4.69) is 4.72 Å². The molecule has 20 heavy (non-hydrogen) atoms. The number of carbonyl (C=O) groups is 1. The third-order valence-corrected chi connectivity index (χ3v) is 3.92. The third kappa shape index (κ3) is 6.53. The Kier molecular flexibility index (Phi) is 6.47. The summed E-state index contributed by atoms with van der Waals surface area (Å²) < 4.78 is 31.1. The quantitative estimate of drug-likeness (QED) is 0.718. The number of benzene rings is 1. The van der Waals surface area contributed by atoms with Gasteiger partial charge in [0.1, 0.15) is 5.75 Å². The molecule has 0 bridgehead atoms. The number of rotatable bonds is 9. The van der Waals surface area contributed by atoms with Gasteiger partial charge >= 0.3 is 5.97 Å². The molecule has 0 unspecified atom stereocenters. The molecular weight excluding hydrogens is 282 g/mol. The van der Waals surface area contributed by atoms with E-state index in [1.807, 2.05) is 6.92 Å². The first-order chi connectivity index (χ1) is 9.43. The lowest BCUT2D eigenvalue weighted by Gasteiger charge is -2.08. The minimum atomic E-state index is -3.45. The first-order valence-corrected chi connectivity index (χ1v) is 7.99. The third-order valence-electron chi connectivity index (χ3n) is 2.51. The summed E-state index contributed by atoms with van der Waals surface area (Å²) in [5.41, 5.74) is 0.790. The van der Waals surface area contributed by atoms with Crippen LogP contribution in [0.1, 0.15) is 25.3 Å². The lowest BCUT2D eigenvalue weighted by Crippen LogP contribution is -2.26. The van der Waals surface area contributed by atoms with Crippen LogP contribution in [0.4, 0.5) is 0 Å². The largest absolute Gasteiger partial charge is 0.494 e. The molecule has 0 aliphatic rings. The summed E-state index contributed by atoms with van der Waals surface area (Å²) in [5.74, 6) is -0.496. The molecule has 0 atom stereocenters. The molecule has 0 saturated carbocycles. The van der Waals surface area contributed by atoms with Crippen LogP contribution in [0.3, 0.4) is 0 Å². The molecule has 112 valence electrons. The fraction of sp³-hybridized carbons (Fsp3) is 0.462. The molecule has 0 saturated heterocycles. The summed E-state index contributed by atoms with van der Waals surface area (Å²) in [4.78, 5) is 10.3. The van der Waals surface area contributed by atoms with Crippen LogP contribution >= 0.6 is 0 Å². The number of hydrogen-bond donors (Lipinski definition) is 2. The second kappa shape index (κ2) is 7.86. The number of carboxylic acids is 1. The second-order valence-electron chi connectivity index (χ2n) is 4.22. The minimum absolute atomic E-state index is 0.101. The molecule has 0 aromatic heterocycles. The average molecular weight is 301 g/mol. The molecule has 0 radical (unpaired) electrons. The van der Waals surface area contributed by atoms with E-state index < -0.39 is 16.0 Å². The fourth-order valence-corrected chi connectivity index (χ4v) is 2.65. The monoisotopic (exact) mass is 301 g/mol. The van der Waals surface area contributed by atoms with Crippen LogP contribution in [0.5, 0.6) is 5.75 Å². The van der Waals surface area contributed by atoms with Crippen molar-refractivity contribution in [2.24, 2.45) is 0 Å². The summed E-state index contributed by atoms with van der Waals surface area (Å²) in [7, 11) is -3.45. The van der Waals surface area contributed by atoms with E-state index in [-0.39, 0.29) is 25.1 Å². The zero-order valence-electron chi connectivity index (χ0n) is 11.3. The highest BCUT2D eigenvalue weighted by Gasteiger charge is 2.11. The van der Waals surface area contributed by atoms with Crippen molar-refractivity contribution in [1.29, 1.82) is 0 Å². The van der Waals surface area contributed by atoms with E-state index in [4.69, 9.17) is 9.84 Å². The van der Waals surface area contributed by atoms with Crippen LogP contribution in [-0.2, 0) is 21.4 Å². The molecule has 1 aromatic carbocycles. The maximum Gasteiger partial charge on any atom is 0.303 e. The number of carboxylic acid groups (broad SMARTS) is 1. The predicted molar refractivity (Wildman–Crippen MR) is 75.1 cm³/mol. The molecule has 7 heteroatoms. The van der Waals surface area contributed by atoms with Crippen molar-refractivity contribution in [3.8, 4) is 5.75 Å². The van der Waals surface area contributed by atoms with Crippen LogP contribution in [0.25, 0.3) is 0 Å². The number of hydrogen-bond acceptors (Lipinski definition) is 4. The van der Waals surface area contributed by atoms with Gasteiger partial charge in [-0.05, 0) is 31.0 Å². The Morgan fingerprint density at radius 2 is 2.15 bits per heavy atom. The van der Waals surface area contributed by atoms with E-state index in [1.165, 1.54) is 0 Å². The summed E-state index contributed by atoms with van der Waals surface area (Å²) >= 11 is 0. The van der Waals surface area contributed by atoms with Crippen LogP contribution in [0, 0.1) is 0 Å². The summed E-state index contributed by atoms with van der Waals surface area (Å²) in [6, 6.07) is 7.15. The number of ether oxygens (including phenoxy) is 1. The minimum Gasteiger partial charge on any atom is -0.494 e. The van der Waals surface area contributed by atoms with Crippen LogP contribution < -0.4 is 9.46 Å². The molecular formula is C13H19NO5S. The molecule has 0 fully saturated rings. The summed E-state index contributed by atoms with van der Waals surface area (Å²) in [6.07, 6.45) is -0.0512. The topological polar surface area (TPSA) is 92.7 Å². The molecule has 2 N–H and O–H groups in total. The molecule has 0 aliphatic heterocycles. The van der Waals surface area contributed by atoms with Crippen molar-refractivity contribution in [3.63, 3.8) is 0 Å². The standard InChI is InChI=1S/C13H19NO5S/c1-2-19-12-6-3-5-11(9-12)10-14-20(17,18)8-4-7-13(15)16/h3,5-6,9,14H,2,4,7-8,10H2,1H3,(H,15,16). The van der Waals surface area contributed by atoms with E-state index in [0.29, 0.717) is 12.4 Å². The summed E-state index contributed by atoms with van der Waals surface area (Å²) in [5, 5.41) is 8.47. The Bertz CT molecular complexity index is 541. The van der Waals surface area contributed by atoms with Gasteiger partial charge in [-0.2, -0.15) is 0 Å². The number of sulfonamides is 1. The molecule has 6 nitrogen and oxygen atoms in total. The van der Waals surface area contributed by atoms with Crippen molar-refractivity contribution in [1.82, 2.24) is 4.72 Å². The van der Waals surface area contributed by atoms with Crippen molar-refractivity contribution in [2.45, 2.75) is 26.3 Å². The first-order valence-electron chi connectivity index (χ1n) is 6.34. The van der Waals surface area contributed by atoms with Crippen molar-refractivity contribution < 1.29 is 23.1 Å². The van der Waals surface area contributed by atoms with Gasteiger partial charge in [0.05, 0.1) is 12.4 Å². The molecule has 0 amide bonds. The Labute approximate surface area is 118 Å². The number of nitrogens with one attached hydrogen (secondary N) is 1. The zero-order chi connectivity index (χ0) is 15.0. The highest BCUT2D eigenvalue weighted by atomic mass is 32.2. The molecule has 1 rings (SSSR count). The SMILES string of the molecule is CCOc1cccc(CNS(=O)(=O)CCCC(=O)O)c1. The normalized spacial score (nSPS) is 11.2. The lowest BCUT2D eigenvalue weighted by molar-refractivity contribution is -0.137. The smallest absolute Gasteiger partial charge is 0.303 e. The average Bonchev–Trinajstić information content (AvgIpc) is 2.37. The summed E-state index contributed by atoms with van der Waals surface area (Å²) in [6.45, 7) is 2.58. The highest BCUT2D eigenvalue weighted by Crippen LogP contribution is 2.13. The van der Waals surface area contributed by atoms with Gasteiger partial charge in [0.15, 0.2) is 0 Å². The molecule has 0 spiro atoms. The van der Waals surface area contributed by atoms with Gasteiger partial charge in [-0.3, -0.25) is 4.79 Å². The van der Waals surface area contributed by atoms with Gasteiger partial charge in [-0.25, -0.2) is 13.1 Å². The van der Waals surface area contributed by atoms with Gasteiger partial charge < -0.3 is 9.84 Å². The van der Waals surface area contributed by atoms with E-state index >= 15 is 0 Å². The van der Waals surface area contributed by atoms with Crippen LogP contribution in [0.15, 0.2) is 24.3 Å². The van der Waals surface area contributed by atoms with Gasteiger partial charge in [0.25, 0.3) is 0 Å². The van der Waals surface area contributed by atoms with Gasteiger partial charge in [-0.15, -0.1) is 0 Å². The highest BCUT2D eigenvalue weighted by molar-refractivity contribution is 7.89. The van der Waals surface area contributed by atoms with Crippen LogP contribution in [-0.4, -0.2) is 31.9 Å². The van der Waals surface area contributed by atoms with Crippen molar-refractivity contribution in [3.05, 3.63) is 29.8 Å². The maximum atomic E-state index is 11.7. The van der Waals surface area contributed by atoms with E-state index in [0.717, 1.165) is 5.56 Å². The Morgan fingerprint density at radius 1 is 1.40 bits per heavy atom. The second-order valence-corrected chi connectivity index (χ2v) is 6.14. The van der Waals surface area contributed by atoms with E-state index in [1.54, 1.807) is 24.3 Å². The van der Waals surface area contributed by atoms with Gasteiger partial charge in [0, 0.05) is 13.0 Å². The molecule has 0 aliphatic carbocycles.